The number of nitrogens with one attached hydrogen (secondary N) is 2. The van der Waals surface area contributed by atoms with Crippen LogP contribution in [0.25, 0.3) is 0 Å². The molecule has 1 rings (SSSR count). The van der Waals surface area contributed by atoms with E-state index in [1.165, 1.54) is 13.2 Å². The van der Waals surface area contributed by atoms with Crippen molar-refractivity contribution < 1.29 is 23.4 Å². The maximum Gasteiger partial charge on any atom is 0.387 e. The number of hydrogen-bond acceptors (Lipinski definition) is 4. The summed E-state index contributed by atoms with van der Waals surface area (Å²) in [5.74, 6) is 1.07. The Morgan fingerprint density at radius 1 is 1.21 bits per heavy atom. The number of benzene rings is 1. The van der Waals surface area contributed by atoms with Crippen molar-refractivity contribution in [3.8, 4) is 11.5 Å². The van der Waals surface area contributed by atoms with Crippen LogP contribution in [0.1, 0.15) is 45.6 Å². The fourth-order valence-electron chi connectivity index (χ4n) is 2.95. The van der Waals surface area contributed by atoms with Crippen LogP contribution in [0.15, 0.2) is 23.2 Å². The highest BCUT2D eigenvalue weighted by molar-refractivity contribution is 5.79. The monoisotopic (exact) mass is 401 g/mol. The highest BCUT2D eigenvalue weighted by Gasteiger charge is 2.25. The van der Waals surface area contributed by atoms with Crippen LogP contribution in [0.2, 0.25) is 0 Å². The molecule has 8 heteroatoms. The Balaban J connectivity index is 2.94. The summed E-state index contributed by atoms with van der Waals surface area (Å²) < 4.78 is 35.1. The van der Waals surface area contributed by atoms with Gasteiger partial charge in [-0.15, -0.1) is 0 Å². The fraction of sp³-hybridized carbons (Fsp3) is 0.650. The van der Waals surface area contributed by atoms with E-state index in [-0.39, 0.29) is 24.3 Å². The first kappa shape index (κ1) is 23.9. The number of methoxy groups -OCH3 is 1. The van der Waals surface area contributed by atoms with Crippen LogP contribution in [-0.2, 0) is 6.54 Å². The van der Waals surface area contributed by atoms with Crippen LogP contribution in [-0.4, -0.2) is 44.5 Å². The van der Waals surface area contributed by atoms with Crippen molar-refractivity contribution in [2.24, 2.45) is 10.4 Å². The molecule has 0 unspecified atom stereocenters. The number of aliphatic imine (C=N–C) groups is 1. The zero-order valence-corrected chi connectivity index (χ0v) is 17.2. The lowest BCUT2D eigenvalue weighted by molar-refractivity contribution is -0.0505. The molecular weight excluding hydrogens is 368 g/mol. The quantitative estimate of drug-likeness (QED) is 0.369. The van der Waals surface area contributed by atoms with Gasteiger partial charge in [0.05, 0.1) is 13.7 Å². The molecule has 0 aromatic heterocycles. The van der Waals surface area contributed by atoms with Crippen molar-refractivity contribution >= 4 is 5.96 Å². The minimum atomic E-state index is -2.92. The molecule has 28 heavy (non-hydrogen) atoms. The number of halogens is 2. The topological polar surface area (TPSA) is 75.1 Å². The number of hydrogen-bond donors (Lipinski definition) is 3. The number of aliphatic hydroxyl groups is 1. The van der Waals surface area contributed by atoms with Gasteiger partial charge in [-0.3, -0.25) is 0 Å². The Morgan fingerprint density at radius 2 is 1.93 bits per heavy atom. The van der Waals surface area contributed by atoms with Crippen molar-refractivity contribution in [3.63, 3.8) is 0 Å². The molecule has 0 saturated heterocycles. The number of alkyl halides is 2. The molecule has 0 aliphatic rings. The Morgan fingerprint density at radius 3 is 2.46 bits per heavy atom. The third-order valence-electron chi connectivity index (χ3n) is 5.02. The normalized spacial score (nSPS) is 12.2. The van der Waals surface area contributed by atoms with E-state index < -0.39 is 6.61 Å². The summed E-state index contributed by atoms with van der Waals surface area (Å²) in [5.41, 5.74) is 0.514. The third-order valence-corrected chi connectivity index (χ3v) is 5.02. The molecule has 0 heterocycles. The second-order valence-electron chi connectivity index (χ2n) is 6.58. The summed E-state index contributed by atoms with van der Waals surface area (Å²) in [6.07, 6.45) is 2.57. The van der Waals surface area contributed by atoms with E-state index in [1.807, 2.05) is 6.92 Å². The Hall–Kier alpha value is -2.09. The molecule has 160 valence electrons. The van der Waals surface area contributed by atoms with Gasteiger partial charge in [0.2, 0.25) is 0 Å². The molecule has 1 aromatic carbocycles. The highest BCUT2D eigenvalue weighted by Crippen LogP contribution is 2.29. The number of guanidine groups is 1. The van der Waals surface area contributed by atoms with Crippen LogP contribution in [0.3, 0.4) is 0 Å². The third kappa shape index (κ3) is 7.50. The smallest absolute Gasteiger partial charge is 0.387 e. The second kappa shape index (κ2) is 12.4. The van der Waals surface area contributed by atoms with Crippen LogP contribution >= 0.6 is 0 Å². The molecular formula is C20H33F2N3O3. The molecule has 0 fully saturated rings. The maximum absolute atomic E-state index is 12.7. The fourth-order valence-corrected chi connectivity index (χ4v) is 2.95. The summed E-state index contributed by atoms with van der Waals surface area (Å²) >= 11 is 0. The number of aliphatic hydroxyl groups excluding tert-OH is 1. The lowest BCUT2D eigenvalue weighted by Gasteiger charge is -2.32. The SMILES string of the molecule is CCNC(=NCc1ccc(OC)cc1OC(F)F)NCC(CC)(CC)CCO. The molecule has 0 spiro atoms. The molecule has 0 aliphatic carbocycles. The summed E-state index contributed by atoms with van der Waals surface area (Å²) in [6, 6.07) is 4.78. The van der Waals surface area contributed by atoms with Crippen molar-refractivity contribution in [1.82, 2.24) is 10.6 Å². The molecule has 6 nitrogen and oxygen atoms in total. The highest BCUT2D eigenvalue weighted by atomic mass is 19.3. The number of rotatable bonds is 12. The number of nitrogens with zero attached hydrogens (tertiary/aromatic N) is 1. The molecule has 1 aromatic rings. The Bertz CT molecular complexity index is 608. The van der Waals surface area contributed by atoms with Gasteiger partial charge in [0.25, 0.3) is 0 Å². The van der Waals surface area contributed by atoms with Gasteiger partial charge >= 0.3 is 6.61 Å². The summed E-state index contributed by atoms with van der Waals surface area (Å²) in [6.45, 7) is 4.89. The standard InChI is InChI=1S/C20H33F2N3O3/c1-5-20(6-2,10-11-26)14-25-19(23-7-3)24-13-15-8-9-16(27-4)12-17(15)28-18(21)22/h8-9,12,18,26H,5-7,10-11,13-14H2,1-4H3,(H2,23,24,25). The average molecular weight is 401 g/mol. The minimum absolute atomic E-state index is 0.0188. The second-order valence-corrected chi connectivity index (χ2v) is 6.58. The molecule has 0 amide bonds. The van der Waals surface area contributed by atoms with Gasteiger partial charge in [0.15, 0.2) is 5.96 Å². The van der Waals surface area contributed by atoms with Gasteiger partial charge in [-0.25, -0.2) is 4.99 Å². The Labute approximate surface area is 166 Å². The van der Waals surface area contributed by atoms with Crippen molar-refractivity contribution in [1.29, 1.82) is 0 Å². The zero-order valence-electron chi connectivity index (χ0n) is 17.2. The van der Waals surface area contributed by atoms with Crippen LogP contribution in [0.5, 0.6) is 11.5 Å². The van der Waals surface area contributed by atoms with Crippen molar-refractivity contribution in [2.45, 2.75) is 53.2 Å². The molecule has 0 saturated carbocycles. The maximum atomic E-state index is 12.7. The van der Waals surface area contributed by atoms with Crippen LogP contribution < -0.4 is 20.1 Å². The van der Waals surface area contributed by atoms with E-state index in [0.717, 1.165) is 12.8 Å². The summed E-state index contributed by atoms with van der Waals surface area (Å²) in [4.78, 5) is 4.51. The van der Waals surface area contributed by atoms with Crippen LogP contribution in [0.4, 0.5) is 8.78 Å². The minimum Gasteiger partial charge on any atom is -0.497 e. The Kier molecular flexibility index (Phi) is 10.6. The predicted molar refractivity (Wildman–Crippen MR) is 107 cm³/mol. The first-order valence-corrected chi connectivity index (χ1v) is 9.68. The van der Waals surface area contributed by atoms with Gasteiger partial charge in [0.1, 0.15) is 11.5 Å². The van der Waals surface area contributed by atoms with Crippen molar-refractivity contribution in [2.75, 3.05) is 26.8 Å². The molecule has 0 bridgehead atoms. The van der Waals surface area contributed by atoms with E-state index in [2.05, 4.69) is 34.2 Å². The molecule has 3 N–H and O–H groups in total. The number of ether oxygens (including phenoxy) is 2. The lowest BCUT2D eigenvalue weighted by Crippen LogP contribution is -2.43. The lowest BCUT2D eigenvalue weighted by atomic mass is 9.79. The zero-order chi connectivity index (χ0) is 21.0. The largest absolute Gasteiger partial charge is 0.497 e. The molecule has 0 radical (unpaired) electrons. The molecule has 0 aliphatic heterocycles. The van der Waals surface area contributed by atoms with Crippen LogP contribution in [0, 0.1) is 5.41 Å². The predicted octanol–water partition coefficient (Wildman–Crippen LogP) is 3.54. The summed E-state index contributed by atoms with van der Waals surface area (Å²) in [7, 11) is 1.46. The first-order chi connectivity index (χ1) is 13.4. The van der Waals surface area contributed by atoms with E-state index in [1.54, 1.807) is 12.1 Å². The van der Waals surface area contributed by atoms with Gasteiger partial charge in [0, 0.05) is 31.3 Å². The first-order valence-electron chi connectivity index (χ1n) is 9.68. The molecule has 0 atom stereocenters. The van der Waals surface area contributed by atoms with E-state index >= 15 is 0 Å². The van der Waals surface area contributed by atoms with Gasteiger partial charge in [-0.2, -0.15) is 8.78 Å². The summed E-state index contributed by atoms with van der Waals surface area (Å²) in [5, 5.41) is 15.8. The average Bonchev–Trinajstić information content (AvgIpc) is 2.69. The van der Waals surface area contributed by atoms with E-state index in [9.17, 15) is 13.9 Å². The van der Waals surface area contributed by atoms with Gasteiger partial charge in [-0.1, -0.05) is 13.8 Å². The van der Waals surface area contributed by atoms with E-state index in [4.69, 9.17) is 4.74 Å². The van der Waals surface area contributed by atoms with Gasteiger partial charge < -0.3 is 25.2 Å². The van der Waals surface area contributed by atoms with E-state index in [0.29, 0.717) is 36.8 Å². The van der Waals surface area contributed by atoms with Crippen molar-refractivity contribution in [3.05, 3.63) is 23.8 Å². The van der Waals surface area contributed by atoms with Gasteiger partial charge in [-0.05, 0) is 43.7 Å².